The van der Waals surface area contributed by atoms with Crippen LogP contribution in [0.25, 0.3) is 0 Å². The van der Waals surface area contributed by atoms with Crippen molar-refractivity contribution in [2.45, 2.75) is 46.6 Å². The predicted octanol–water partition coefficient (Wildman–Crippen LogP) is 3.80. The van der Waals surface area contributed by atoms with Gasteiger partial charge >= 0.3 is 0 Å². The molecule has 0 aliphatic carbocycles. The lowest BCUT2D eigenvalue weighted by atomic mass is 9.82. The van der Waals surface area contributed by atoms with Gasteiger partial charge in [0.05, 0.1) is 7.11 Å². The molecule has 3 nitrogen and oxygen atoms in total. The number of halogens is 1. The van der Waals surface area contributed by atoms with Gasteiger partial charge in [-0.05, 0) is 30.2 Å². The molecule has 0 fully saturated rings. The lowest BCUT2D eigenvalue weighted by molar-refractivity contribution is 0.274. The molecule has 4 heteroatoms. The molecule has 0 heterocycles. The summed E-state index contributed by atoms with van der Waals surface area (Å²) < 4.78 is 19.1. The van der Waals surface area contributed by atoms with Gasteiger partial charge in [-0.2, -0.15) is 0 Å². The monoisotopic (exact) mass is 282 g/mol. The number of rotatable bonds is 6. The van der Waals surface area contributed by atoms with Crippen LogP contribution in [0.1, 0.15) is 52.1 Å². The Labute approximate surface area is 121 Å². The SMILES string of the molecule is COc1ccc(C(CC(C)CC(C)(C)C)NN)c(F)c1. The van der Waals surface area contributed by atoms with Crippen LogP contribution in [0.15, 0.2) is 18.2 Å². The predicted molar refractivity (Wildman–Crippen MR) is 80.9 cm³/mol. The van der Waals surface area contributed by atoms with E-state index in [-0.39, 0.29) is 17.3 Å². The summed E-state index contributed by atoms with van der Waals surface area (Å²) in [6.45, 7) is 8.81. The highest BCUT2D eigenvalue weighted by Gasteiger charge is 2.21. The van der Waals surface area contributed by atoms with Crippen LogP contribution in [0.2, 0.25) is 0 Å². The summed E-state index contributed by atoms with van der Waals surface area (Å²) in [4.78, 5) is 0. The number of hydrogen-bond donors (Lipinski definition) is 2. The van der Waals surface area contributed by atoms with Crippen molar-refractivity contribution in [3.8, 4) is 5.75 Å². The van der Waals surface area contributed by atoms with Gasteiger partial charge in [-0.25, -0.2) is 4.39 Å². The standard InChI is InChI=1S/C16H27FN2O/c1-11(10-16(2,3)4)8-15(19-18)13-7-6-12(20-5)9-14(13)17/h6-7,9,11,15,19H,8,10,18H2,1-5H3. The summed E-state index contributed by atoms with van der Waals surface area (Å²) in [6, 6.07) is 4.71. The van der Waals surface area contributed by atoms with E-state index in [2.05, 4.69) is 33.1 Å². The Bertz CT molecular complexity index is 429. The highest BCUT2D eigenvalue weighted by molar-refractivity contribution is 5.30. The molecular formula is C16H27FN2O. The average molecular weight is 282 g/mol. The molecule has 0 amide bonds. The first-order valence-corrected chi connectivity index (χ1v) is 7.06. The molecule has 2 atom stereocenters. The van der Waals surface area contributed by atoms with Crippen molar-refractivity contribution >= 4 is 0 Å². The van der Waals surface area contributed by atoms with E-state index in [4.69, 9.17) is 10.6 Å². The number of benzene rings is 1. The fourth-order valence-electron chi connectivity index (χ4n) is 2.73. The second-order valence-electron chi connectivity index (χ2n) is 6.71. The van der Waals surface area contributed by atoms with Gasteiger partial charge in [-0.15, -0.1) is 0 Å². The normalized spacial score (nSPS) is 14.9. The molecule has 0 saturated carbocycles. The fraction of sp³-hybridized carbons (Fsp3) is 0.625. The summed E-state index contributed by atoms with van der Waals surface area (Å²) in [5.41, 5.74) is 3.59. The maximum atomic E-state index is 14.1. The van der Waals surface area contributed by atoms with Crippen LogP contribution in [0.3, 0.4) is 0 Å². The van der Waals surface area contributed by atoms with Crippen LogP contribution in [0.5, 0.6) is 5.75 Å². The Kier molecular flexibility index (Phi) is 5.96. The highest BCUT2D eigenvalue weighted by Crippen LogP contribution is 2.31. The van der Waals surface area contributed by atoms with Crippen LogP contribution < -0.4 is 16.0 Å². The molecule has 0 radical (unpaired) electrons. The summed E-state index contributed by atoms with van der Waals surface area (Å²) in [5, 5.41) is 0. The lowest BCUT2D eigenvalue weighted by Gasteiger charge is -2.27. The van der Waals surface area contributed by atoms with E-state index in [1.165, 1.54) is 13.2 Å². The Morgan fingerprint density at radius 3 is 2.45 bits per heavy atom. The topological polar surface area (TPSA) is 47.3 Å². The van der Waals surface area contributed by atoms with Crippen molar-refractivity contribution in [3.05, 3.63) is 29.6 Å². The van der Waals surface area contributed by atoms with E-state index in [0.717, 1.165) is 12.8 Å². The molecule has 1 aromatic carbocycles. The zero-order chi connectivity index (χ0) is 15.3. The molecule has 3 N–H and O–H groups in total. The van der Waals surface area contributed by atoms with Crippen LogP contribution in [-0.2, 0) is 0 Å². The smallest absolute Gasteiger partial charge is 0.131 e. The minimum absolute atomic E-state index is 0.182. The highest BCUT2D eigenvalue weighted by atomic mass is 19.1. The zero-order valence-corrected chi connectivity index (χ0v) is 13.2. The van der Waals surface area contributed by atoms with Gasteiger partial charge in [0.1, 0.15) is 11.6 Å². The van der Waals surface area contributed by atoms with E-state index in [9.17, 15) is 4.39 Å². The number of hydrazine groups is 1. The Morgan fingerprint density at radius 1 is 1.35 bits per heavy atom. The third-order valence-corrected chi connectivity index (χ3v) is 3.38. The van der Waals surface area contributed by atoms with Crippen molar-refractivity contribution in [2.75, 3.05) is 7.11 Å². The van der Waals surface area contributed by atoms with Crippen LogP contribution >= 0.6 is 0 Å². The van der Waals surface area contributed by atoms with Crippen LogP contribution in [-0.4, -0.2) is 7.11 Å². The molecule has 0 aliphatic heterocycles. The molecule has 114 valence electrons. The molecular weight excluding hydrogens is 255 g/mol. The Hall–Kier alpha value is -1.13. The number of hydrogen-bond acceptors (Lipinski definition) is 3. The number of nitrogens with two attached hydrogens (primary N) is 1. The molecule has 1 rings (SSSR count). The number of nitrogens with one attached hydrogen (secondary N) is 1. The van der Waals surface area contributed by atoms with Crippen molar-refractivity contribution in [1.82, 2.24) is 5.43 Å². The van der Waals surface area contributed by atoms with Crippen molar-refractivity contribution < 1.29 is 9.13 Å². The maximum absolute atomic E-state index is 14.1. The summed E-state index contributed by atoms with van der Waals surface area (Å²) in [7, 11) is 1.53. The lowest BCUT2D eigenvalue weighted by Crippen LogP contribution is -2.30. The first-order chi connectivity index (χ1) is 9.26. The van der Waals surface area contributed by atoms with E-state index >= 15 is 0 Å². The summed E-state index contributed by atoms with van der Waals surface area (Å²) in [5.74, 6) is 6.30. The molecule has 0 bridgehead atoms. The van der Waals surface area contributed by atoms with Gasteiger partial charge in [0, 0.05) is 17.7 Å². The third-order valence-electron chi connectivity index (χ3n) is 3.38. The minimum Gasteiger partial charge on any atom is -0.497 e. The summed E-state index contributed by atoms with van der Waals surface area (Å²) >= 11 is 0. The molecule has 0 saturated heterocycles. The number of methoxy groups -OCH3 is 1. The average Bonchev–Trinajstić information content (AvgIpc) is 2.34. The molecule has 1 aromatic rings. The van der Waals surface area contributed by atoms with Crippen LogP contribution in [0, 0.1) is 17.2 Å². The Morgan fingerprint density at radius 2 is 2.00 bits per heavy atom. The molecule has 0 aromatic heterocycles. The molecule has 0 spiro atoms. The van der Waals surface area contributed by atoms with Gasteiger partial charge < -0.3 is 4.74 Å². The van der Waals surface area contributed by atoms with E-state index < -0.39 is 0 Å². The zero-order valence-electron chi connectivity index (χ0n) is 13.2. The van der Waals surface area contributed by atoms with E-state index in [1.54, 1.807) is 12.1 Å². The molecule has 20 heavy (non-hydrogen) atoms. The third kappa shape index (κ3) is 5.10. The fourth-order valence-corrected chi connectivity index (χ4v) is 2.73. The van der Waals surface area contributed by atoms with Gasteiger partial charge in [0.25, 0.3) is 0 Å². The second kappa shape index (κ2) is 7.04. The summed E-state index contributed by atoms with van der Waals surface area (Å²) in [6.07, 6.45) is 1.87. The van der Waals surface area contributed by atoms with Crippen molar-refractivity contribution in [1.29, 1.82) is 0 Å². The van der Waals surface area contributed by atoms with Crippen molar-refractivity contribution in [3.63, 3.8) is 0 Å². The van der Waals surface area contributed by atoms with Gasteiger partial charge in [-0.3, -0.25) is 11.3 Å². The van der Waals surface area contributed by atoms with E-state index in [1.807, 2.05) is 0 Å². The number of ether oxygens (including phenoxy) is 1. The van der Waals surface area contributed by atoms with Gasteiger partial charge in [0.2, 0.25) is 0 Å². The van der Waals surface area contributed by atoms with E-state index in [0.29, 0.717) is 17.2 Å². The van der Waals surface area contributed by atoms with Gasteiger partial charge in [0.15, 0.2) is 0 Å². The molecule has 2 unspecified atom stereocenters. The maximum Gasteiger partial charge on any atom is 0.131 e. The van der Waals surface area contributed by atoms with Gasteiger partial charge in [-0.1, -0.05) is 33.8 Å². The first-order valence-electron chi connectivity index (χ1n) is 7.06. The quantitative estimate of drug-likeness (QED) is 0.616. The molecule has 0 aliphatic rings. The van der Waals surface area contributed by atoms with Crippen molar-refractivity contribution in [2.24, 2.45) is 17.2 Å². The second-order valence-corrected chi connectivity index (χ2v) is 6.71. The first kappa shape index (κ1) is 16.9. The largest absolute Gasteiger partial charge is 0.497 e. The van der Waals surface area contributed by atoms with Crippen LogP contribution in [0.4, 0.5) is 4.39 Å². The Balaban J connectivity index is 2.80. The minimum atomic E-state index is -0.282.